The smallest absolute Gasteiger partial charge is 0.260 e. The highest BCUT2D eigenvalue weighted by molar-refractivity contribution is 5.94. The summed E-state index contributed by atoms with van der Waals surface area (Å²) in [4.78, 5) is 25.6. The van der Waals surface area contributed by atoms with E-state index in [1.54, 1.807) is 62.7 Å². The molecule has 144 valence electrons. The van der Waals surface area contributed by atoms with E-state index in [0.717, 1.165) is 5.75 Å². The highest BCUT2D eigenvalue weighted by Gasteiger charge is 2.14. The number of nitrogens with one attached hydrogen (secondary N) is 1. The van der Waals surface area contributed by atoms with E-state index in [4.69, 9.17) is 14.2 Å². The summed E-state index contributed by atoms with van der Waals surface area (Å²) in [7, 11) is 3.10. The fourth-order valence-electron chi connectivity index (χ4n) is 2.26. The molecule has 27 heavy (non-hydrogen) atoms. The van der Waals surface area contributed by atoms with Crippen molar-refractivity contribution < 1.29 is 23.8 Å². The number of nitrogens with zero attached hydrogens (tertiary/aromatic N) is 1. The zero-order valence-electron chi connectivity index (χ0n) is 15.7. The number of ether oxygens (including phenoxy) is 3. The van der Waals surface area contributed by atoms with Crippen molar-refractivity contribution in [3.05, 3.63) is 48.5 Å². The van der Waals surface area contributed by atoms with Crippen molar-refractivity contribution in [2.45, 2.75) is 6.92 Å². The largest absolute Gasteiger partial charge is 0.497 e. The third kappa shape index (κ3) is 6.54. The highest BCUT2D eigenvalue weighted by atomic mass is 16.5. The molecule has 2 aromatic rings. The first kappa shape index (κ1) is 20.1. The predicted octanol–water partition coefficient (Wildman–Crippen LogP) is 2.57. The van der Waals surface area contributed by atoms with E-state index in [1.165, 1.54) is 4.90 Å². The highest BCUT2D eigenvalue weighted by Crippen LogP contribution is 2.18. The molecule has 0 aromatic heterocycles. The Kier molecular flexibility index (Phi) is 7.49. The first-order chi connectivity index (χ1) is 13.0. The summed E-state index contributed by atoms with van der Waals surface area (Å²) in [6.45, 7) is 2.25. The zero-order valence-corrected chi connectivity index (χ0v) is 15.7. The third-order valence-electron chi connectivity index (χ3n) is 3.66. The molecule has 0 spiro atoms. The van der Waals surface area contributed by atoms with Crippen LogP contribution in [-0.4, -0.2) is 50.6 Å². The molecule has 0 radical (unpaired) electrons. The molecule has 1 N–H and O–H groups in total. The van der Waals surface area contributed by atoms with Crippen molar-refractivity contribution in [3.63, 3.8) is 0 Å². The number of amides is 2. The fraction of sp³-hybridized carbons (Fsp3) is 0.300. The average Bonchev–Trinajstić information content (AvgIpc) is 2.67. The average molecular weight is 372 g/mol. The lowest BCUT2D eigenvalue weighted by Gasteiger charge is -2.17. The Morgan fingerprint density at radius 1 is 1.00 bits per heavy atom. The van der Waals surface area contributed by atoms with Gasteiger partial charge in [0.15, 0.2) is 6.61 Å². The van der Waals surface area contributed by atoms with Gasteiger partial charge in [-0.1, -0.05) is 6.07 Å². The second kappa shape index (κ2) is 10.1. The maximum Gasteiger partial charge on any atom is 0.260 e. The number of hydrogen-bond donors (Lipinski definition) is 1. The summed E-state index contributed by atoms with van der Waals surface area (Å²) in [6.07, 6.45) is 0. The van der Waals surface area contributed by atoms with Crippen LogP contribution in [0.5, 0.6) is 17.2 Å². The Morgan fingerprint density at radius 2 is 1.67 bits per heavy atom. The number of carbonyl (C=O) groups excluding carboxylic acids is 2. The van der Waals surface area contributed by atoms with Gasteiger partial charge in [-0.2, -0.15) is 0 Å². The minimum absolute atomic E-state index is 0.0807. The maximum atomic E-state index is 12.2. The van der Waals surface area contributed by atoms with Gasteiger partial charge in [-0.3, -0.25) is 9.59 Å². The molecule has 2 rings (SSSR count). The van der Waals surface area contributed by atoms with E-state index in [2.05, 4.69) is 5.32 Å². The number of rotatable bonds is 9. The van der Waals surface area contributed by atoms with Gasteiger partial charge < -0.3 is 24.4 Å². The van der Waals surface area contributed by atoms with Crippen LogP contribution in [-0.2, 0) is 9.59 Å². The van der Waals surface area contributed by atoms with Crippen molar-refractivity contribution in [2.24, 2.45) is 0 Å². The molecule has 0 heterocycles. The van der Waals surface area contributed by atoms with Gasteiger partial charge in [0, 0.05) is 18.8 Å². The van der Waals surface area contributed by atoms with Gasteiger partial charge in [-0.15, -0.1) is 0 Å². The Bertz CT molecular complexity index is 761. The summed E-state index contributed by atoms with van der Waals surface area (Å²) >= 11 is 0. The number of hydrogen-bond acceptors (Lipinski definition) is 5. The van der Waals surface area contributed by atoms with Crippen molar-refractivity contribution in [1.82, 2.24) is 4.90 Å². The Balaban J connectivity index is 1.79. The van der Waals surface area contributed by atoms with Gasteiger partial charge in [-0.05, 0) is 43.3 Å². The topological polar surface area (TPSA) is 77.1 Å². The lowest BCUT2D eigenvalue weighted by Crippen LogP contribution is -2.37. The molecule has 0 bridgehead atoms. The van der Waals surface area contributed by atoms with Crippen LogP contribution in [0.4, 0.5) is 5.69 Å². The molecular formula is C20H24N2O5. The maximum absolute atomic E-state index is 12.2. The minimum atomic E-state index is -0.305. The molecule has 7 nitrogen and oxygen atoms in total. The molecule has 0 saturated carbocycles. The molecule has 0 aliphatic rings. The predicted molar refractivity (Wildman–Crippen MR) is 102 cm³/mol. The lowest BCUT2D eigenvalue weighted by molar-refractivity contribution is -0.135. The van der Waals surface area contributed by atoms with Gasteiger partial charge in [0.2, 0.25) is 5.91 Å². The van der Waals surface area contributed by atoms with Crippen LogP contribution in [0, 0.1) is 0 Å². The van der Waals surface area contributed by atoms with E-state index < -0.39 is 0 Å². The van der Waals surface area contributed by atoms with E-state index in [1.807, 2.05) is 6.92 Å². The second-order valence-electron chi connectivity index (χ2n) is 5.72. The Hall–Kier alpha value is -3.22. The van der Waals surface area contributed by atoms with Crippen LogP contribution in [0.3, 0.4) is 0 Å². The first-order valence-electron chi connectivity index (χ1n) is 8.55. The van der Waals surface area contributed by atoms with E-state index in [-0.39, 0.29) is 25.0 Å². The van der Waals surface area contributed by atoms with E-state index in [9.17, 15) is 9.59 Å². The summed E-state index contributed by atoms with van der Waals surface area (Å²) in [5.41, 5.74) is 0.603. The summed E-state index contributed by atoms with van der Waals surface area (Å²) in [6, 6.07) is 14.0. The standard InChI is InChI=1S/C20H24N2O5/c1-4-26-16-8-10-17(11-9-16)27-14-20(24)22(2)13-19(23)21-15-6-5-7-18(12-15)25-3/h5-12H,4,13-14H2,1-3H3,(H,21,23). The molecule has 0 unspecified atom stereocenters. The number of anilines is 1. The first-order valence-corrected chi connectivity index (χ1v) is 8.55. The Labute approximate surface area is 158 Å². The summed E-state index contributed by atoms with van der Waals surface area (Å²) < 4.78 is 15.9. The number of carbonyl (C=O) groups is 2. The van der Waals surface area contributed by atoms with Crippen LogP contribution < -0.4 is 19.5 Å². The molecule has 7 heteroatoms. The van der Waals surface area contributed by atoms with Gasteiger partial charge in [0.05, 0.1) is 20.3 Å². The van der Waals surface area contributed by atoms with E-state index >= 15 is 0 Å². The van der Waals surface area contributed by atoms with E-state index in [0.29, 0.717) is 23.8 Å². The monoisotopic (exact) mass is 372 g/mol. The van der Waals surface area contributed by atoms with Crippen LogP contribution in [0.1, 0.15) is 6.92 Å². The van der Waals surface area contributed by atoms with Gasteiger partial charge >= 0.3 is 0 Å². The molecular weight excluding hydrogens is 348 g/mol. The molecule has 0 aliphatic heterocycles. The quantitative estimate of drug-likeness (QED) is 0.732. The number of benzene rings is 2. The minimum Gasteiger partial charge on any atom is -0.497 e. The normalized spacial score (nSPS) is 10.0. The molecule has 0 aliphatic carbocycles. The van der Waals surface area contributed by atoms with Gasteiger partial charge in [0.1, 0.15) is 17.2 Å². The zero-order chi connectivity index (χ0) is 19.6. The molecule has 0 fully saturated rings. The van der Waals surface area contributed by atoms with Crippen molar-refractivity contribution in [3.8, 4) is 17.2 Å². The lowest BCUT2D eigenvalue weighted by atomic mass is 10.3. The fourth-order valence-corrected chi connectivity index (χ4v) is 2.26. The van der Waals surface area contributed by atoms with Gasteiger partial charge in [0.25, 0.3) is 5.91 Å². The third-order valence-corrected chi connectivity index (χ3v) is 3.66. The molecule has 2 amide bonds. The summed E-state index contributed by atoms with van der Waals surface area (Å²) in [5.74, 6) is 1.33. The van der Waals surface area contributed by atoms with Crippen LogP contribution in [0.2, 0.25) is 0 Å². The summed E-state index contributed by atoms with van der Waals surface area (Å²) in [5, 5.41) is 2.73. The van der Waals surface area contributed by atoms with Crippen LogP contribution in [0.25, 0.3) is 0 Å². The Morgan fingerprint density at radius 3 is 2.30 bits per heavy atom. The van der Waals surface area contributed by atoms with Crippen LogP contribution >= 0.6 is 0 Å². The van der Waals surface area contributed by atoms with Crippen LogP contribution in [0.15, 0.2) is 48.5 Å². The molecule has 2 aromatic carbocycles. The van der Waals surface area contributed by atoms with Crippen molar-refractivity contribution >= 4 is 17.5 Å². The van der Waals surface area contributed by atoms with Gasteiger partial charge in [-0.25, -0.2) is 0 Å². The van der Waals surface area contributed by atoms with Crippen molar-refractivity contribution in [1.29, 1.82) is 0 Å². The van der Waals surface area contributed by atoms with Crippen molar-refractivity contribution in [2.75, 3.05) is 39.2 Å². The number of likely N-dealkylation sites (N-methyl/N-ethyl adjacent to an activating group) is 1. The SMILES string of the molecule is CCOc1ccc(OCC(=O)N(C)CC(=O)Nc2cccc(OC)c2)cc1. The molecule has 0 atom stereocenters. The molecule has 0 saturated heterocycles. The number of methoxy groups -OCH3 is 1. The second-order valence-corrected chi connectivity index (χ2v) is 5.72.